The molecule has 0 aromatic carbocycles. The predicted octanol–water partition coefficient (Wildman–Crippen LogP) is 2.40. The first-order chi connectivity index (χ1) is 14.2. The number of guanidine groups is 1. The molecule has 29 heavy (non-hydrogen) atoms. The summed E-state index contributed by atoms with van der Waals surface area (Å²) in [5, 5.41) is 7.37. The first-order valence-electron chi connectivity index (χ1n) is 11.4. The van der Waals surface area contributed by atoms with Crippen LogP contribution in [0.3, 0.4) is 0 Å². The summed E-state index contributed by atoms with van der Waals surface area (Å²) in [7, 11) is 4.20. The number of aliphatic imine (C=N–C) groups is 1. The molecule has 4 rings (SSSR count). The largest absolute Gasteiger partial charge is 0.360 e. The fourth-order valence-electron chi connectivity index (χ4n) is 5.17. The van der Waals surface area contributed by atoms with Crippen LogP contribution in [0.15, 0.2) is 22.5 Å². The molecule has 0 saturated carbocycles. The smallest absolute Gasteiger partial charge is 0.193 e. The first-order valence-corrected chi connectivity index (χ1v) is 12.3. The second-order valence-electron chi connectivity index (χ2n) is 8.90. The molecule has 0 amide bonds. The third-order valence-corrected chi connectivity index (χ3v) is 8.06. The molecule has 3 aliphatic heterocycles. The van der Waals surface area contributed by atoms with Gasteiger partial charge in [-0.25, -0.2) is 0 Å². The van der Waals surface area contributed by atoms with Gasteiger partial charge in [-0.3, -0.25) is 9.89 Å². The van der Waals surface area contributed by atoms with E-state index in [4.69, 9.17) is 0 Å². The second kappa shape index (κ2) is 9.67. The Kier molecular flexibility index (Phi) is 6.98. The molecule has 0 radical (unpaired) electrons. The maximum atomic E-state index is 4.66. The third kappa shape index (κ3) is 4.89. The minimum absolute atomic E-state index is 0.293. The Morgan fingerprint density at radius 3 is 2.38 bits per heavy atom. The van der Waals surface area contributed by atoms with Crippen LogP contribution in [0.2, 0.25) is 0 Å². The number of thiophene rings is 1. The molecule has 3 saturated heterocycles. The first kappa shape index (κ1) is 20.9. The predicted molar refractivity (Wildman–Crippen MR) is 124 cm³/mol. The molecule has 4 heterocycles. The van der Waals surface area contributed by atoms with Gasteiger partial charge in [-0.1, -0.05) is 6.42 Å². The lowest BCUT2D eigenvalue weighted by Crippen LogP contribution is -2.63. The van der Waals surface area contributed by atoms with Crippen LogP contribution < -0.4 is 10.2 Å². The fourth-order valence-corrected chi connectivity index (χ4v) is 5.96. The van der Waals surface area contributed by atoms with Crippen molar-refractivity contribution >= 4 is 22.3 Å². The highest BCUT2D eigenvalue weighted by atomic mass is 32.1. The normalized spacial score (nSPS) is 24.7. The summed E-state index contributed by atoms with van der Waals surface area (Å²) in [4.78, 5) is 14.9. The van der Waals surface area contributed by atoms with Gasteiger partial charge in [-0.15, -0.1) is 11.3 Å². The van der Waals surface area contributed by atoms with E-state index in [-0.39, 0.29) is 0 Å². The average molecular weight is 419 g/mol. The van der Waals surface area contributed by atoms with E-state index in [2.05, 4.69) is 54.5 Å². The van der Waals surface area contributed by atoms with Gasteiger partial charge >= 0.3 is 0 Å². The van der Waals surface area contributed by atoms with E-state index >= 15 is 0 Å². The van der Waals surface area contributed by atoms with Crippen molar-refractivity contribution < 1.29 is 0 Å². The zero-order chi connectivity index (χ0) is 20.1. The summed E-state index contributed by atoms with van der Waals surface area (Å²) in [6.45, 7) is 10.2. The van der Waals surface area contributed by atoms with Crippen LogP contribution >= 0.6 is 11.3 Å². The molecule has 0 unspecified atom stereocenters. The summed E-state index contributed by atoms with van der Waals surface area (Å²) in [5.74, 6) is 1.09. The van der Waals surface area contributed by atoms with E-state index in [1.807, 2.05) is 18.4 Å². The van der Waals surface area contributed by atoms with Crippen molar-refractivity contribution in [2.24, 2.45) is 4.99 Å². The van der Waals surface area contributed by atoms with Gasteiger partial charge < -0.3 is 20.0 Å². The highest BCUT2D eigenvalue weighted by molar-refractivity contribution is 7.14. The molecule has 0 spiro atoms. The maximum Gasteiger partial charge on any atom is 0.193 e. The number of rotatable bonds is 4. The Labute approximate surface area is 180 Å². The number of nitrogens with zero attached hydrogens (tertiary/aromatic N) is 5. The van der Waals surface area contributed by atoms with E-state index in [1.54, 1.807) is 0 Å². The van der Waals surface area contributed by atoms with Crippen molar-refractivity contribution in [1.82, 2.24) is 20.0 Å². The van der Waals surface area contributed by atoms with E-state index in [1.165, 1.54) is 63.3 Å². The van der Waals surface area contributed by atoms with Gasteiger partial charge in [-0.05, 0) is 76.4 Å². The summed E-state index contributed by atoms with van der Waals surface area (Å²) in [6.07, 6.45) is 6.64. The van der Waals surface area contributed by atoms with Crippen molar-refractivity contribution in [1.29, 1.82) is 0 Å². The molecule has 3 fully saturated rings. The number of hydrogen-bond acceptors (Lipinski definition) is 5. The van der Waals surface area contributed by atoms with Crippen molar-refractivity contribution in [3.63, 3.8) is 0 Å². The Bertz CT molecular complexity index is 638. The van der Waals surface area contributed by atoms with Crippen LogP contribution in [0.5, 0.6) is 0 Å². The highest BCUT2D eigenvalue weighted by Gasteiger charge is 2.40. The average Bonchev–Trinajstić information content (AvgIpc) is 3.32. The van der Waals surface area contributed by atoms with Crippen LogP contribution in [-0.4, -0.2) is 99.2 Å². The summed E-state index contributed by atoms with van der Waals surface area (Å²) < 4.78 is 0. The molecule has 0 bridgehead atoms. The molecule has 6 nitrogen and oxygen atoms in total. The Morgan fingerprint density at radius 2 is 1.76 bits per heavy atom. The van der Waals surface area contributed by atoms with Crippen LogP contribution in [0.1, 0.15) is 32.1 Å². The van der Waals surface area contributed by atoms with Gasteiger partial charge in [0.2, 0.25) is 0 Å². The maximum absolute atomic E-state index is 4.66. The highest BCUT2D eigenvalue weighted by Crippen LogP contribution is 2.31. The van der Waals surface area contributed by atoms with Gasteiger partial charge in [-0.2, -0.15) is 0 Å². The molecule has 1 aromatic heterocycles. The molecule has 162 valence electrons. The Balaban J connectivity index is 1.36. The van der Waals surface area contributed by atoms with Crippen LogP contribution in [0.4, 0.5) is 5.00 Å². The topological polar surface area (TPSA) is 37.4 Å². The van der Waals surface area contributed by atoms with Crippen LogP contribution in [0.25, 0.3) is 0 Å². The SMILES string of the molecule is CN=C(NCC1(N2CCCCC2)CCN(C)CC1)N1CCN(c2cccs2)CC1. The number of nitrogens with one attached hydrogen (secondary N) is 1. The molecule has 1 N–H and O–H groups in total. The molecule has 0 atom stereocenters. The molecule has 3 aliphatic rings. The quantitative estimate of drug-likeness (QED) is 0.600. The van der Waals surface area contributed by atoms with Crippen molar-refractivity contribution in [3.8, 4) is 0 Å². The Morgan fingerprint density at radius 1 is 1.03 bits per heavy atom. The second-order valence-corrected chi connectivity index (χ2v) is 9.83. The van der Waals surface area contributed by atoms with Crippen LogP contribution in [0, 0.1) is 0 Å². The number of piperidine rings is 2. The lowest BCUT2D eigenvalue weighted by atomic mass is 9.84. The van der Waals surface area contributed by atoms with Gasteiger partial charge in [0.05, 0.1) is 5.00 Å². The standard InChI is InChI=1S/C22H38N6S/c1-23-21(27-16-14-26(15-17-27)20-7-6-18-29-20)24-19-22(8-12-25(2)13-9-22)28-10-4-3-5-11-28/h6-7,18H,3-5,8-17,19H2,1-2H3,(H,23,24). The molecule has 7 heteroatoms. The summed E-state index contributed by atoms with van der Waals surface area (Å²) in [5.41, 5.74) is 0.293. The minimum atomic E-state index is 0.293. The van der Waals surface area contributed by atoms with E-state index in [0.717, 1.165) is 38.7 Å². The van der Waals surface area contributed by atoms with E-state index in [0.29, 0.717) is 5.54 Å². The van der Waals surface area contributed by atoms with Crippen molar-refractivity contribution in [3.05, 3.63) is 17.5 Å². The van der Waals surface area contributed by atoms with Gasteiger partial charge in [0.25, 0.3) is 0 Å². The summed E-state index contributed by atoms with van der Waals surface area (Å²) >= 11 is 1.84. The van der Waals surface area contributed by atoms with Crippen LogP contribution in [-0.2, 0) is 0 Å². The lowest BCUT2D eigenvalue weighted by Gasteiger charge is -2.50. The monoisotopic (exact) mass is 418 g/mol. The van der Waals surface area contributed by atoms with Gasteiger partial charge in [0, 0.05) is 45.3 Å². The van der Waals surface area contributed by atoms with Crippen molar-refractivity contribution in [2.45, 2.75) is 37.6 Å². The zero-order valence-electron chi connectivity index (χ0n) is 18.3. The number of hydrogen-bond donors (Lipinski definition) is 1. The third-order valence-electron chi connectivity index (χ3n) is 7.13. The van der Waals surface area contributed by atoms with Gasteiger partial charge in [0.1, 0.15) is 0 Å². The van der Waals surface area contributed by atoms with E-state index < -0.39 is 0 Å². The molecule has 1 aromatic rings. The zero-order valence-corrected chi connectivity index (χ0v) is 19.1. The molecule has 0 aliphatic carbocycles. The van der Waals surface area contributed by atoms with Crippen molar-refractivity contribution in [2.75, 3.05) is 77.9 Å². The van der Waals surface area contributed by atoms with Gasteiger partial charge in [0.15, 0.2) is 5.96 Å². The fraction of sp³-hybridized carbons (Fsp3) is 0.773. The summed E-state index contributed by atoms with van der Waals surface area (Å²) in [6, 6.07) is 4.38. The number of piperazine rings is 1. The molecular formula is C22H38N6S. The molecular weight excluding hydrogens is 380 g/mol. The Hall–Kier alpha value is -1.31. The number of likely N-dealkylation sites (tertiary alicyclic amines) is 2. The lowest BCUT2D eigenvalue weighted by molar-refractivity contribution is 0.0169. The number of anilines is 1. The minimum Gasteiger partial charge on any atom is -0.360 e. The van der Waals surface area contributed by atoms with E-state index in [9.17, 15) is 0 Å².